The van der Waals surface area contributed by atoms with Gasteiger partial charge in [-0.05, 0) is 24.3 Å². The molecule has 1 atom stereocenters. The summed E-state index contributed by atoms with van der Waals surface area (Å²) in [5.41, 5.74) is 2.56. The summed E-state index contributed by atoms with van der Waals surface area (Å²) in [4.78, 5) is 17.1. The lowest BCUT2D eigenvalue weighted by Crippen LogP contribution is -2.24. The van der Waals surface area contributed by atoms with Crippen molar-refractivity contribution in [3.8, 4) is 0 Å². The maximum Gasteiger partial charge on any atom is 0.265 e. The molecule has 1 heterocycles. The number of nitrogens with one attached hydrogen (secondary N) is 1. The van der Waals surface area contributed by atoms with Crippen LogP contribution in [0.25, 0.3) is 11.0 Å². The molecule has 0 spiro atoms. The Bertz CT molecular complexity index is 829. The first-order valence-corrected chi connectivity index (χ1v) is 7.29. The lowest BCUT2D eigenvalue weighted by atomic mass is 10.1. The minimum atomic E-state index is -0.882. The largest absolute Gasteiger partial charge is 0.394 e. The van der Waals surface area contributed by atoms with E-state index in [9.17, 15) is 9.90 Å². The molecule has 6 heteroatoms. The minimum Gasteiger partial charge on any atom is -0.394 e. The number of benzene rings is 2. The number of aromatic nitrogens is 2. The van der Waals surface area contributed by atoms with E-state index in [1.807, 2.05) is 24.3 Å². The summed E-state index contributed by atoms with van der Waals surface area (Å²) in [6, 6.07) is 14.5. The van der Waals surface area contributed by atoms with Gasteiger partial charge < -0.3 is 15.5 Å². The molecule has 3 rings (SSSR count). The fourth-order valence-corrected chi connectivity index (χ4v) is 2.37. The van der Waals surface area contributed by atoms with Crippen LogP contribution in [-0.2, 0) is 0 Å². The van der Waals surface area contributed by atoms with Gasteiger partial charge in [0.2, 0.25) is 0 Å². The quantitative estimate of drug-likeness (QED) is 0.664. The van der Waals surface area contributed by atoms with Gasteiger partial charge in [0.05, 0.1) is 29.3 Å². The number of fused-ring (bicyclic) bond motifs is 1. The molecule has 6 nitrogen and oxygen atoms in total. The Morgan fingerprint density at radius 3 is 2.74 bits per heavy atom. The predicted octanol–water partition coefficient (Wildman–Crippen LogP) is 1.49. The smallest absolute Gasteiger partial charge is 0.265 e. The number of anilines is 1. The molecule has 0 fully saturated rings. The minimum absolute atomic E-state index is 0.158. The number of aliphatic hydroxyl groups is 2. The zero-order valence-corrected chi connectivity index (χ0v) is 12.4. The van der Waals surface area contributed by atoms with Crippen LogP contribution >= 0.6 is 0 Å². The maximum atomic E-state index is 12.8. The second-order valence-corrected chi connectivity index (χ2v) is 5.17. The van der Waals surface area contributed by atoms with E-state index >= 15 is 0 Å². The molecular weight excluding hydrogens is 294 g/mol. The second-order valence-electron chi connectivity index (χ2n) is 5.17. The number of rotatable bonds is 5. The van der Waals surface area contributed by atoms with E-state index < -0.39 is 6.10 Å². The predicted molar refractivity (Wildman–Crippen MR) is 87.5 cm³/mol. The summed E-state index contributed by atoms with van der Waals surface area (Å²) in [7, 11) is 0. The zero-order valence-electron chi connectivity index (χ0n) is 12.4. The van der Waals surface area contributed by atoms with Crippen LogP contribution in [0.5, 0.6) is 0 Å². The number of hydrogen-bond donors (Lipinski definition) is 3. The van der Waals surface area contributed by atoms with Gasteiger partial charge in [-0.15, -0.1) is 0 Å². The third kappa shape index (κ3) is 3.08. The van der Waals surface area contributed by atoms with Crippen LogP contribution in [0.4, 0.5) is 5.69 Å². The van der Waals surface area contributed by atoms with Crippen LogP contribution in [0, 0.1) is 0 Å². The molecule has 0 radical (unpaired) electrons. The van der Waals surface area contributed by atoms with E-state index in [0.29, 0.717) is 11.3 Å². The SMILES string of the molecule is O=C(c1ccccc1NCC(O)CO)n1cnc2ccccc21. The summed E-state index contributed by atoms with van der Waals surface area (Å²) in [5, 5.41) is 21.3. The van der Waals surface area contributed by atoms with Crippen LogP contribution in [0.3, 0.4) is 0 Å². The average Bonchev–Trinajstić information content (AvgIpc) is 3.03. The molecule has 0 saturated carbocycles. The molecule has 0 aliphatic heterocycles. The van der Waals surface area contributed by atoms with Crippen molar-refractivity contribution in [2.45, 2.75) is 6.10 Å². The lowest BCUT2D eigenvalue weighted by Gasteiger charge is -2.14. The highest BCUT2D eigenvalue weighted by atomic mass is 16.3. The standard InChI is InChI=1S/C17H17N3O3/c21-10-12(22)9-18-14-6-2-1-5-13(14)17(23)20-11-19-15-7-3-4-8-16(15)20/h1-8,11-12,18,21-22H,9-10H2. The first-order valence-electron chi connectivity index (χ1n) is 7.29. The number of hydrogen-bond acceptors (Lipinski definition) is 5. The first-order chi connectivity index (χ1) is 11.2. The molecule has 0 aliphatic rings. The van der Waals surface area contributed by atoms with Gasteiger partial charge in [0.25, 0.3) is 5.91 Å². The number of carbonyl (C=O) groups excluding carboxylic acids is 1. The molecule has 2 aromatic carbocycles. The third-order valence-corrected chi connectivity index (χ3v) is 3.57. The maximum absolute atomic E-state index is 12.8. The van der Waals surface area contributed by atoms with E-state index in [1.54, 1.807) is 24.3 Å². The van der Waals surface area contributed by atoms with Gasteiger partial charge in [-0.1, -0.05) is 24.3 Å². The Morgan fingerprint density at radius 2 is 1.91 bits per heavy atom. The Balaban J connectivity index is 1.93. The number of imidazole rings is 1. The van der Waals surface area contributed by atoms with Crippen LogP contribution in [0.2, 0.25) is 0 Å². The van der Waals surface area contributed by atoms with Crippen molar-refractivity contribution in [1.82, 2.24) is 9.55 Å². The fraction of sp³-hybridized carbons (Fsp3) is 0.176. The molecule has 23 heavy (non-hydrogen) atoms. The second kappa shape index (κ2) is 6.60. The van der Waals surface area contributed by atoms with Gasteiger partial charge in [-0.25, -0.2) is 4.98 Å². The van der Waals surface area contributed by atoms with Crippen molar-refractivity contribution in [3.05, 3.63) is 60.4 Å². The molecule has 1 aromatic heterocycles. The van der Waals surface area contributed by atoms with E-state index in [2.05, 4.69) is 10.3 Å². The monoisotopic (exact) mass is 311 g/mol. The highest BCUT2D eigenvalue weighted by molar-refractivity contribution is 6.04. The van der Waals surface area contributed by atoms with E-state index in [4.69, 9.17) is 5.11 Å². The van der Waals surface area contributed by atoms with Crippen molar-refractivity contribution in [2.75, 3.05) is 18.5 Å². The van der Waals surface area contributed by atoms with Crippen LogP contribution in [-0.4, -0.2) is 44.9 Å². The summed E-state index contributed by atoms with van der Waals surface area (Å²) in [6.45, 7) is -0.180. The molecular formula is C17H17N3O3. The van der Waals surface area contributed by atoms with Gasteiger partial charge in [0.1, 0.15) is 6.33 Å². The first kappa shape index (κ1) is 15.2. The molecule has 3 N–H and O–H groups in total. The molecule has 118 valence electrons. The zero-order chi connectivity index (χ0) is 16.2. The lowest BCUT2D eigenvalue weighted by molar-refractivity contribution is 0.0964. The summed E-state index contributed by atoms with van der Waals surface area (Å²) >= 11 is 0. The fourth-order valence-electron chi connectivity index (χ4n) is 2.37. The molecule has 0 amide bonds. The Morgan fingerprint density at radius 1 is 1.17 bits per heavy atom. The molecule has 3 aromatic rings. The number of nitrogens with zero attached hydrogens (tertiary/aromatic N) is 2. The van der Waals surface area contributed by atoms with Crippen molar-refractivity contribution in [2.24, 2.45) is 0 Å². The topological polar surface area (TPSA) is 87.4 Å². The van der Waals surface area contributed by atoms with Crippen molar-refractivity contribution in [3.63, 3.8) is 0 Å². The Hall–Kier alpha value is -2.70. The van der Waals surface area contributed by atoms with Crippen LogP contribution in [0.15, 0.2) is 54.9 Å². The molecule has 0 aliphatic carbocycles. The highest BCUT2D eigenvalue weighted by Crippen LogP contribution is 2.19. The van der Waals surface area contributed by atoms with Gasteiger partial charge in [0.15, 0.2) is 0 Å². The molecule has 1 unspecified atom stereocenters. The summed E-state index contributed by atoms with van der Waals surface area (Å²) in [6.07, 6.45) is 0.624. The van der Waals surface area contributed by atoms with E-state index in [0.717, 1.165) is 11.0 Å². The van der Waals surface area contributed by atoms with E-state index in [-0.39, 0.29) is 19.1 Å². The van der Waals surface area contributed by atoms with Gasteiger partial charge >= 0.3 is 0 Å². The normalized spacial score (nSPS) is 12.3. The van der Waals surface area contributed by atoms with E-state index in [1.165, 1.54) is 10.9 Å². The number of aliphatic hydroxyl groups excluding tert-OH is 2. The molecule has 0 bridgehead atoms. The Kier molecular flexibility index (Phi) is 4.36. The summed E-state index contributed by atoms with van der Waals surface area (Å²) in [5.74, 6) is -0.208. The summed E-state index contributed by atoms with van der Waals surface area (Å²) < 4.78 is 1.50. The highest BCUT2D eigenvalue weighted by Gasteiger charge is 2.16. The van der Waals surface area contributed by atoms with Gasteiger partial charge in [-0.3, -0.25) is 9.36 Å². The molecule has 0 saturated heterocycles. The van der Waals surface area contributed by atoms with Crippen LogP contribution < -0.4 is 5.32 Å². The number of carbonyl (C=O) groups is 1. The third-order valence-electron chi connectivity index (χ3n) is 3.57. The Labute approximate surface area is 133 Å². The van der Waals surface area contributed by atoms with Crippen LogP contribution in [0.1, 0.15) is 10.4 Å². The van der Waals surface area contributed by atoms with Gasteiger partial charge in [-0.2, -0.15) is 0 Å². The van der Waals surface area contributed by atoms with Crippen molar-refractivity contribution in [1.29, 1.82) is 0 Å². The van der Waals surface area contributed by atoms with Crippen molar-refractivity contribution < 1.29 is 15.0 Å². The van der Waals surface area contributed by atoms with Gasteiger partial charge in [0, 0.05) is 12.2 Å². The number of para-hydroxylation sites is 3. The van der Waals surface area contributed by atoms with Crippen molar-refractivity contribution >= 4 is 22.6 Å². The average molecular weight is 311 g/mol.